The van der Waals surface area contributed by atoms with E-state index in [0.717, 1.165) is 22.4 Å². The van der Waals surface area contributed by atoms with Crippen molar-refractivity contribution in [2.24, 2.45) is 0 Å². The number of carbonyl (C=O) groups excluding carboxylic acids is 1. The molecule has 0 saturated heterocycles. The Kier molecular flexibility index (Phi) is 5.77. The minimum atomic E-state index is -0.947. The zero-order chi connectivity index (χ0) is 23.9. The van der Waals surface area contributed by atoms with Crippen molar-refractivity contribution in [3.05, 3.63) is 80.4 Å². The fourth-order valence-corrected chi connectivity index (χ4v) is 3.31. The molecule has 1 N–H and O–H groups in total. The van der Waals surface area contributed by atoms with Crippen LogP contribution in [0.1, 0.15) is 21.7 Å². The van der Waals surface area contributed by atoms with Gasteiger partial charge in [0.15, 0.2) is 5.69 Å². The van der Waals surface area contributed by atoms with Crippen LogP contribution in [-0.4, -0.2) is 32.8 Å². The third-order valence-electron chi connectivity index (χ3n) is 4.89. The first-order valence-corrected chi connectivity index (χ1v) is 9.95. The van der Waals surface area contributed by atoms with Crippen LogP contribution in [0, 0.1) is 25.6 Å². The molecule has 0 bridgehead atoms. The van der Waals surface area contributed by atoms with Crippen LogP contribution < -0.4 is 15.5 Å². The van der Waals surface area contributed by atoms with Crippen molar-refractivity contribution in [2.75, 3.05) is 12.4 Å². The highest BCUT2D eigenvalue weighted by atomic mass is 35.5. The number of aromatic nitrogens is 4. The van der Waals surface area contributed by atoms with E-state index in [1.54, 1.807) is 19.9 Å². The van der Waals surface area contributed by atoms with Crippen molar-refractivity contribution in [3.63, 3.8) is 0 Å². The lowest BCUT2D eigenvalue weighted by atomic mass is 10.1. The Hall–Kier alpha value is -3.92. The third-order valence-corrected chi connectivity index (χ3v) is 5.13. The van der Waals surface area contributed by atoms with Gasteiger partial charge in [-0.3, -0.25) is 9.59 Å². The van der Waals surface area contributed by atoms with Gasteiger partial charge in [-0.25, -0.2) is 14.1 Å². The van der Waals surface area contributed by atoms with E-state index < -0.39 is 28.8 Å². The molecular formula is C22H16ClF2N5O3. The zero-order valence-electron chi connectivity index (χ0n) is 17.6. The number of ether oxygens (including phenoxy) is 1. The summed E-state index contributed by atoms with van der Waals surface area (Å²) in [6, 6.07) is 7.75. The standard InChI is InChI=1S/C22H16ClF2N5O3/c1-10-6-16-19(26-11(10)2)21(31)20(29-30(16)15-5-4-12(23)7-14(15)24)22(32)27-13-8-17(25)28-18(9-13)33-3/h4-9H,1-3H3,(H,27,28,32). The highest BCUT2D eigenvalue weighted by Crippen LogP contribution is 2.23. The summed E-state index contributed by atoms with van der Waals surface area (Å²) in [5, 5.41) is 6.68. The van der Waals surface area contributed by atoms with E-state index in [0.29, 0.717) is 5.69 Å². The second kappa shape index (κ2) is 8.55. The van der Waals surface area contributed by atoms with Gasteiger partial charge in [0, 0.05) is 22.8 Å². The Bertz CT molecular complexity index is 1490. The fraction of sp³-hybridized carbons (Fsp3) is 0.136. The Labute approximate surface area is 190 Å². The predicted octanol–water partition coefficient (Wildman–Crippen LogP) is 3.99. The predicted molar refractivity (Wildman–Crippen MR) is 118 cm³/mol. The summed E-state index contributed by atoms with van der Waals surface area (Å²) in [6.45, 7) is 3.48. The molecule has 168 valence electrons. The number of methoxy groups -OCH3 is 1. The van der Waals surface area contributed by atoms with E-state index >= 15 is 0 Å². The van der Waals surface area contributed by atoms with E-state index in [2.05, 4.69) is 20.4 Å². The molecule has 4 rings (SSSR count). The molecule has 3 heterocycles. The van der Waals surface area contributed by atoms with Crippen LogP contribution in [0.15, 0.2) is 41.2 Å². The van der Waals surface area contributed by atoms with Crippen molar-refractivity contribution in [1.29, 1.82) is 0 Å². The summed E-state index contributed by atoms with van der Waals surface area (Å²) in [5.74, 6) is -2.64. The van der Waals surface area contributed by atoms with Gasteiger partial charge in [0.05, 0.1) is 18.3 Å². The number of nitrogens with one attached hydrogen (secondary N) is 1. The van der Waals surface area contributed by atoms with E-state index in [-0.39, 0.29) is 33.3 Å². The molecule has 0 unspecified atom stereocenters. The first-order valence-electron chi connectivity index (χ1n) is 9.57. The van der Waals surface area contributed by atoms with E-state index in [1.165, 1.54) is 25.3 Å². The number of anilines is 1. The molecule has 33 heavy (non-hydrogen) atoms. The number of pyridine rings is 2. The van der Waals surface area contributed by atoms with Gasteiger partial charge in [0.1, 0.15) is 17.0 Å². The van der Waals surface area contributed by atoms with Gasteiger partial charge in [-0.2, -0.15) is 14.5 Å². The second-order valence-corrected chi connectivity index (χ2v) is 7.56. The zero-order valence-corrected chi connectivity index (χ0v) is 18.4. The van der Waals surface area contributed by atoms with Crippen LogP contribution in [0.2, 0.25) is 5.02 Å². The number of carbonyl (C=O) groups is 1. The maximum absolute atomic E-state index is 14.7. The van der Waals surface area contributed by atoms with Crippen LogP contribution in [0.25, 0.3) is 16.7 Å². The lowest BCUT2D eigenvalue weighted by Gasteiger charge is -2.14. The fourth-order valence-electron chi connectivity index (χ4n) is 3.16. The number of amides is 1. The lowest BCUT2D eigenvalue weighted by Crippen LogP contribution is -2.28. The number of aryl methyl sites for hydroxylation is 2. The number of halogens is 3. The van der Waals surface area contributed by atoms with Crippen molar-refractivity contribution in [2.45, 2.75) is 13.8 Å². The third kappa shape index (κ3) is 4.24. The Balaban J connectivity index is 1.93. The second-order valence-electron chi connectivity index (χ2n) is 7.12. The molecule has 4 aromatic rings. The smallest absolute Gasteiger partial charge is 0.280 e. The molecule has 8 nitrogen and oxygen atoms in total. The Morgan fingerprint density at radius 2 is 1.88 bits per heavy atom. The first-order chi connectivity index (χ1) is 15.7. The molecule has 1 amide bonds. The number of hydrogen-bond acceptors (Lipinski definition) is 6. The topological polar surface area (TPSA) is 99.0 Å². The number of nitrogens with zero attached hydrogens (tertiary/aromatic N) is 4. The van der Waals surface area contributed by atoms with Crippen molar-refractivity contribution >= 4 is 34.2 Å². The average Bonchev–Trinajstić information content (AvgIpc) is 2.75. The molecule has 0 saturated carbocycles. The van der Waals surface area contributed by atoms with Crippen LogP contribution >= 0.6 is 11.6 Å². The van der Waals surface area contributed by atoms with Crippen molar-refractivity contribution < 1.29 is 18.3 Å². The van der Waals surface area contributed by atoms with E-state index in [1.807, 2.05) is 0 Å². The summed E-state index contributed by atoms with van der Waals surface area (Å²) >= 11 is 5.86. The molecule has 0 fully saturated rings. The highest BCUT2D eigenvalue weighted by molar-refractivity contribution is 6.30. The molecule has 0 aliphatic heterocycles. The van der Waals surface area contributed by atoms with Gasteiger partial charge < -0.3 is 10.1 Å². The largest absolute Gasteiger partial charge is 0.481 e. The molecular weight excluding hydrogens is 456 g/mol. The van der Waals surface area contributed by atoms with Gasteiger partial charge in [0.25, 0.3) is 5.91 Å². The molecule has 11 heteroatoms. The molecule has 1 aromatic carbocycles. The van der Waals surface area contributed by atoms with Gasteiger partial charge in [-0.05, 0) is 43.7 Å². The van der Waals surface area contributed by atoms with Crippen LogP contribution in [0.4, 0.5) is 14.5 Å². The molecule has 0 radical (unpaired) electrons. The lowest BCUT2D eigenvalue weighted by molar-refractivity contribution is 0.102. The highest BCUT2D eigenvalue weighted by Gasteiger charge is 2.22. The van der Waals surface area contributed by atoms with Crippen LogP contribution in [0.3, 0.4) is 0 Å². The Morgan fingerprint density at radius 3 is 2.58 bits per heavy atom. The number of fused-ring (bicyclic) bond motifs is 1. The number of benzene rings is 1. The van der Waals surface area contributed by atoms with E-state index in [9.17, 15) is 18.4 Å². The van der Waals surface area contributed by atoms with Gasteiger partial charge in [0.2, 0.25) is 17.3 Å². The molecule has 0 aliphatic rings. The van der Waals surface area contributed by atoms with Crippen LogP contribution in [-0.2, 0) is 0 Å². The molecule has 3 aromatic heterocycles. The normalized spacial score (nSPS) is 11.0. The molecule has 0 spiro atoms. The molecule has 0 aliphatic carbocycles. The summed E-state index contributed by atoms with van der Waals surface area (Å²) < 4.78 is 34.5. The first kappa shape index (κ1) is 22.3. The maximum Gasteiger partial charge on any atom is 0.280 e. The monoisotopic (exact) mass is 471 g/mol. The van der Waals surface area contributed by atoms with Gasteiger partial charge in [-0.1, -0.05) is 11.6 Å². The number of hydrogen-bond donors (Lipinski definition) is 1. The van der Waals surface area contributed by atoms with Crippen LogP contribution in [0.5, 0.6) is 5.88 Å². The maximum atomic E-state index is 14.7. The quantitative estimate of drug-likeness (QED) is 0.452. The van der Waals surface area contributed by atoms with Crippen molar-refractivity contribution in [3.8, 4) is 11.6 Å². The SMILES string of the molecule is COc1cc(NC(=O)c2nn(-c3ccc(Cl)cc3F)c3cc(C)c(C)nc3c2=O)cc(F)n1. The minimum Gasteiger partial charge on any atom is -0.481 e. The van der Waals surface area contributed by atoms with Gasteiger partial charge >= 0.3 is 0 Å². The summed E-state index contributed by atoms with van der Waals surface area (Å²) in [4.78, 5) is 33.9. The molecule has 0 atom stereocenters. The number of rotatable bonds is 4. The van der Waals surface area contributed by atoms with Gasteiger partial charge in [-0.15, -0.1) is 0 Å². The Morgan fingerprint density at radius 1 is 1.12 bits per heavy atom. The summed E-state index contributed by atoms with van der Waals surface area (Å²) in [5.41, 5.74) is 0.0396. The summed E-state index contributed by atoms with van der Waals surface area (Å²) in [7, 11) is 1.29. The average molecular weight is 472 g/mol. The summed E-state index contributed by atoms with van der Waals surface area (Å²) in [6.07, 6.45) is 0. The van der Waals surface area contributed by atoms with Crippen molar-refractivity contribution in [1.82, 2.24) is 19.7 Å². The minimum absolute atomic E-state index is 0.0112. The van der Waals surface area contributed by atoms with E-state index in [4.69, 9.17) is 16.3 Å².